The lowest BCUT2D eigenvalue weighted by molar-refractivity contribution is -0.121. The Balaban J connectivity index is 1.41. The molecule has 2 aromatic carbocycles. The first-order valence-electron chi connectivity index (χ1n) is 9.60. The molecule has 0 unspecified atom stereocenters. The van der Waals surface area contributed by atoms with E-state index in [4.69, 9.17) is 11.6 Å². The molecular weight excluding hydrogens is 402 g/mol. The fraction of sp³-hybridized carbons (Fsp3) is 0.182. The van der Waals surface area contributed by atoms with Crippen molar-refractivity contribution in [2.24, 2.45) is 0 Å². The summed E-state index contributed by atoms with van der Waals surface area (Å²) in [5.41, 5.74) is 3.29. The molecule has 2 heterocycles. The standard InChI is InChI=1S/C22H20ClN5O2/c23-17-5-7-18(8-6-17)26-22(30)27-20-2-1-11-28(21(20)29)19-9-3-15(4-10-19)16-12-24-14-25-13-16/h3-10,12-14,20H,1-2,11H2,(H2,26,27,30)/t20-/m1/s1. The molecule has 1 aliphatic heterocycles. The second-order valence-corrected chi connectivity index (χ2v) is 7.40. The molecule has 3 amide bonds. The van der Waals surface area contributed by atoms with Crippen LogP contribution >= 0.6 is 11.6 Å². The molecule has 0 aliphatic carbocycles. The van der Waals surface area contributed by atoms with Crippen molar-refractivity contribution >= 4 is 34.9 Å². The van der Waals surface area contributed by atoms with Gasteiger partial charge in [-0.3, -0.25) is 4.79 Å². The second kappa shape index (κ2) is 8.92. The van der Waals surface area contributed by atoms with E-state index in [0.717, 1.165) is 23.2 Å². The minimum Gasteiger partial charge on any atom is -0.326 e. The molecule has 3 aromatic rings. The number of amides is 3. The zero-order valence-electron chi connectivity index (χ0n) is 16.1. The third-order valence-corrected chi connectivity index (χ3v) is 5.17. The number of nitrogens with zero attached hydrogens (tertiary/aromatic N) is 3. The van der Waals surface area contributed by atoms with Gasteiger partial charge in [0, 0.05) is 40.9 Å². The number of hydrogen-bond acceptors (Lipinski definition) is 4. The van der Waals surface area contributed by atoms with Crippen molar-refractivity contribution in [2.45, 2.75) is 18.9 Å². The number of carbonyl (C=O) groups is 2. The number of carbonyl (C=O) groups excluding carboxylic acids is 2. The maximum absolute atomic E-state index is 13.0. The highest BCUT2D eigenvalue weighted by atomic mass is 35.5. The van der Waals surface area contributed by atoms with Crippen LogP contribution < -0.4 is 15.5 Å². The second-order valence-electron chi connectivity index (χ2n) is 6.96. The Kier molecular flexibility index (Phi) is 5.90. The summed E-state index contributed by atoms with van der Waals surface area (Å²) >= 11 is 5.86. The van der Waals surface area contributed by atoms with Crippen LogP contribution in [0, 0.1) is 0 Å². The van der Waals surface area contributed by atoms with Crippen molar-refractivity contribution in [1.82, 2.24) is 15.3 Å². The summed E-state index contributed by atoms with van der Waals surface area (Å²) in [5, 5.41) is 6.09. The lowest BCUT2D eigenvalue weighted by Gasteiger charge is -2.32. The summed E-state index contributed by atoms with van der Waals surface area (Å²) in [6, 6.07) is 13.5. The van der Waals surface area contributed by atoms with E-state index in [2.05, 4.69) is 20.6 Å². The zero-order chi connectivity index (χ0) is 20.9. The van der Waals surface area contributed by atoms with Crippen molar-refractivity contribution < 1.29 is 9.59 Å². The first-order valence-corrected chi connectivity index (χ1v) is 9.98. The minimum atomic E-state index is -0.576. The van der Waals surface area contributed by atoms with Gasteiger partial charge in [0.15, 0.2) is 0 Å². The number of urea groups is 1. The van der Waals surface area contributed by atoms with Crippen molar-refractivity contribution in [3.8, 4) is 11.1 Å². The van der Waals surface area contributed by atoms with Gasteiger partial charge in [-0.15, -0.1) is 0 Å². The molecule has 8 heteroatoms. The Morgan fingerprint density at radius 3 is 2.40 bits per heavy atom. The van der Waals surface area contributed by atoms with Gasteiger partial charge in [-0.1, -0.05) is 23.7 Å². The number of benzene rings is 2. The van der Waals surface area contributed by atoms with E-state index in [1.807, 2.05) is 24.3 Å². The Morgan fingerprint density at radius 2 is 1.70 bits per heavy atom. The van der Waals surface area contributed by atoms with E-state index >= 15 is 0 Å². The van der Waals surface area contributed by atoms with Crippen LogP contribution in [0.3, 0.4) is 0 Å². The Morgan fingerprint density at radius 1 is 1.00 bits per heavy atom. The maximum atomic E-state index is 13.0. The van der Waals surface area contributed by atoms with E-state index in [-0.39, 0.29) is 5.91 Å². The van der Waals surface area contributed by atoms with Crippen LogP contribution in [0.5, 0.6) is 0 Å². The quantitative estimate of drug-likeness (QED) is 0.663. The average molecular weight is 422 g/mol. The van der Waals surface area contributed by atoms with Gasteiger partial charge in [0.2, 0.25) is 5.91 Å². The molecule has 1 fully saturated rings. The number of rotatable bonds is 4. The first kappa shape index (κ1) is 19.8. The monoisotopic (exact) mass is 421 g/mol. The molecule has 4 rings (SSSR count). The van der Waals surface area contributed by atoms with Gasteiger partial charge < -0.3 is 15.5 Å². The van der Waals surface area contributed by atoms with E-state index in [0.29, 0.717) is 23.7 Å². The van der Waals surface area contributed by atoms with Crippen LogP contribution in [0.2, 0.25) is 5.02 Å². The lowest BCUT2D eigenvalue weighted by Crippen LogP contribution is -2.53. The number of nitrogens with one attached hydrogen (secondary N) is 2. The molecule has 1 saturated heterocycles. The molecule has 0 saturated carbocycles. The molecule has 0 bridgehead atoms. The molecule has 2 N–H and O–H groups in total. The molecule has 152 valence electrons. The van der Waals surface area contributed by atoms with Crippen LogP contribution in [0.15, 0.2) is 67.3 Å². The summed E-state index contributed by atoms with van der Waals surface area (Å²) < 4.78 is 0. The predicted octanol–water partition coefficient (Wildman–Crippen LogP) is 4.11. The first-order chi connectivity index (χ1) is 14.6. The number of halogens is 1. The van der Waals surface area contributed by atoms with Gasteiger partial charge in [-0.2, -0.15) is 0 Å². The van der Waals surface area contributed by atoms with E-state index < -0.39 is 12.1 Å². The summed E-state index contributed by atoms with van der Waals surface area (Å²) in [7, 11) is 0. The fourth-order valence-electron chi connectivity index (χ4n) is 3.41. The number of hydrogen-bond donors (Lipinski definition) is 2. The molecule has 1 aromatic heterocycles. The van der Waals surface area contributed by atoms with Gasteiger partial charge in [0.05, 0.1) is 0 Å². The fourth-order valence-corrected chi connectivity index (χ4v) is 3.53. The van der Waals surface area contributed by atoms with Gasteiger partial charge in [-0.05, 0) is 54.8 Å². The highest BCUT2D eigenvalue weighted by molar-refractivity contribution is 6.30. The molecule has 1 atom stereocenters. The van der Waals surface area contributed by atoms with Gasteiger partial charge >= 0.3 is 6.03 Å². The Bertz CT molecular complexity index is 1030. The van der Waals surface area contributed by atoms with Crippen molar-refractivity contribution in [1.29, 1.82) is 0 Å². The van der Waals surface area contributed by atoms with Crippen LogP contribution in [-0.4, -0.2) is 34.5 Å². The summed E-state index contributed by atoms with van der Waals surface area (Å²) in [6.07, 6.45) is 6.37. The molecule has 0 radical (unpaired) electrons. The third kappa shape index (κ3) is 4.58. The number of piperidine rings is 1. The van der Waals surface area contributed by atoms with Gasteiger partial charge in [-0.25, -0.2) is 14.8 Å². The zero-order valence-corrected chi connectivity index (χ0v) is 16.8. The van der Waals surface area contributed by atoms with Crippen molar-refractivity contribution in [3.63, 3.8) is 0 Å². The highest BCUT2D eigenvalue weighted by Crippen LogP contribution is 2.25. The van der Waals surface area contributed by atoms with Crippen LogP contribution in [-0.2, 0) is 4.79 Å². The molecule has 7 nitrogen and oxygen atoms in total. The maximum Gasteiger partial charge on any atom is 0.319 e. The molecule has 1 aliphatic rings. The minimum absolute atomic E-state index is 0.122. The van der Waals surface area contributed by atoms with Crippen LogP contribution in [0.25, 0.3) is 11.1 Å². The average Bonchev–Trinajstić information content (AvgIpc) is 2.78. The van der Waals surface area contributed by atoms with Gasteiger partial charge in [0.1, 0.15) is 12.4 Å². The molecule has 30 heavy (non-hydrogen) atoms. The van der Waals surface area contributed by atoms with Crippen molar-refractivity contribution in [3.05, 3.63) is 72.3 Å². The summed E-state index contributed by atoms with van der Waals surface area (Å²) in [6.45, 7) is 0.615. The van der Waals surface area contributed by atoms with Gasteiger partial charge in [0.25, 0.3) is 0 Å². The Hall–Kier alpha value is -3.45. The van der Waals surface area contributed by atoms with E-state index in [9.17, 15) is 9.59 Å². The molecule has 0 spiro atoms. The number of anilines is 2. The molecular formula is C22H20ClN5O2. The smallest absolute Gasteiger partial charge is 0.319 e. The van der Waals surface area contributed by atoms with Crippen molar-refractivity contribution in [2.75, 3.05) is 16.8 Å². The normalized spacial score (nSPS) is 16.2. The largest absolute Gasteiger partial charge is 0.326 e. The highest BCUT2D eigenvalue weighted by Gasteiger charge is 2.30. The topological polar surface area (TPSA) is 87.2 Å². The summed E-state index contributed by atoms with van der Waals surface area (Å²) in [5.74, 6) is -0.122. The van der Waals surface area contributed by atoms with Crippen LogP contribution in [0.1, 0.15) is 12.8 Å². The number of aromatic nitrogens is 2. The Labute approximate surface area is 179 Å². The summed E-state index contributed by atoms with van der Waals surface area (Å²) in [4.78, 5) is 35.0. The SMILES string of the molecule is O=C(Nc1ccc(Cl)cc1)N[C@@H]1CCCN(c2ccc(-c3cncnc3)cc2)C1=O. The van der Waals surface area contributed by atoms with E-state index in [1.165, 1.54) is 6.33 Å². The van der Waals surface area contributed by atoms with E-state index in [1.54, 1.807) is 41.6 Å². The lowest BCUT2D eigenvalue weighted by atomic mass is 10.0. The predicted molar refractivity (Wildman–Crippen MR) is 116 cm³/mol. The van der Waals surface area contributed by atoms with Crippen LogP contribution in [0.4, 0.5) is 16.2 Å². The third-order valence-electron chi connectivity index (χ3n) is 4.92.